The van der Waals surface area contributed by atoms with Gasteiger partial charge in [-0.15, -0.1) is 0 Å². The van der Waals surface area contributed by atoms with Crippen LogP contribution in [-0.4, -0.2) is 47.5 Å². The third kappa shape index (κ3) is 3.55. The second-order valence-electron chi connectivity index (χ2n) is 6.98. The second kappa shape index (κ2) is 7.41. The van der Waals surface area contributed by atoms with Crippen molar-refractivity contribution in [1.82, 2.24) is 20.2 Å². The summed E-state index contributed by atoms with van der Waals surface area (Å²) in [6, 6.07) is 7.69. The first-order valence-electron chi connectivity index (χ1n) is 9.19. The number of methoxy groups -OCH3 is 1. The summed E-state index contributed by atoms with van der Waals surface area (Å²) in [5.74, 6) is 2.11. The first-order chi connectivity index (χ1) is 12.7. The van der Waals surface area contributed by atoms with E-state index in [4.69, 9.17) is 9.72 Å². The van der Waals surface area contributed by atoms with Crippen molar-refractivity contribution in [2.75, 3.05) is 26.7 Å². The summed E-state index contributed by atoms with van der Waals surface area (Å²) in [4.78, 5) is 23.9. The van der Waals surface area contributed by atoms with E-state index in [1.807, 2.05) is 35.4 Å². The lowest BCUT2D eigenvalue weighted by molar-refractivity contribution is -0.129. The van der Waals surface area contributed by atoms with Crippen molar-refractivity contribution in [3.05, 3.63) is 53.1 Å². The number of hydrogen-bond acceptors (Lipinski definition) is 5. The summed E-state index contributed by atoms with van der Waals surface area (Å²) >= 11 is 0. The van der Waals surface area contributed by atoms with Crippen LogP contribution in [0, 0.1) is 0 Å². The zero-order valence-electron chi connectivity index (χ0n) is 15.1. The molecule has 4 rings (SSSR count). The Morgan fingerprint density at radius 2 is 2.19 bits per heavy atom. The third-order valence-corrected chi connectivity index (χ3v) is 5.25. The average Bonchev–Trinajstić information content (AvgIpc) is 3.18. The number of nitrogens with zero attached hydrogens (tertiary/aromatic N) is 3. The van der Waals surface area contributed by atoms with Crippen LogP contribution in [0.2, 0.25) is 0 Å². The number of amides is 1. The highest BCUT2D eigenvalue weighted by atomic mass is 16.5. The van der Waals surface area contributed by atoms with E-state index in [0.29, 0.717) is 13.0 Å². The molecule has 6 heteroatoms. The summed E-state index contributed by atoms with van der Waals surface area (Å²) in [7, 11) is 1.64. The maximum Gasteiger partial charge on any atom is 0.227 e. The van der Waals surface area contributed by atoms with E-state index >= 15 is 0 Å². The van der Waals surface area contributed by atoms with Crippen LogP contribution < -0.4 is 10.1 Å². The van der Waals surface area contributed by atoms with Gasteiger partial charge in [0.25, 0.3) is 0 Å². The third-order valence-electron chi connectivity index (χ3n) is 5.25. The number of nitrogens with one attached hydrogen (secondary N) is 1. The first-order valence-corrected chi connectivity index (χ1v) is 9.19. The summed E-state index contributed by atoms with van der Waals surface area (Å²) in [6.45, 7) is 3.32. The van der Waals surface area contributed by atoms with Crippen LogP contribution >= 0.6 is 0 Å². The number of benzene rings is 1. The highest BCUT2D eigenvalue weighted by molar-refractivity contribution is 5.79. The molecule has 1 fully saturated rings. The van der Waals surface area contributed by atoms with E-state index in [9.17, 15) is 4.79 Å². The van der Waals surface area contributed by atoms with Crippen molar-refractivity contribution >= 4 is 5.91 Å². The Kier molecular flexibility index (Phi) is 4.84. The Balaban J connectivity index is 1.39. The number of rotatable bonds is 4. The summed E-state index contributed by atoms with van der Waals surface area (Å²) in [5.41, 5.74) is 3.37. The standard InChI is InChI=1S/C20H24N4O2/c1-26-17-4-2-14(3-5-17)10-19(25)24-9-7-15(13-24)20-22-12-16-11-21-8-6-18(16)23-20/h2-5,12,15,21H,6-11,13H2,1H3/t15-/m1/s1. The van der Waals surface area contributed by atoms with Gasteiger partial charge in [-0.2, -0.15) is 0 Å². The molecule has 2 aromatic rings. The smallest absolute Gasteiger partial charge is 0.227 e. The molecular weight excluding hydrogens is 328 g/mol. The van der Waals surface area contributed by atoms with Gasteiger partial charge in [0.05, 0.1) is 13.5 Å². The number of ether oxygens (including phenoxy) is 1. The molecule has 0 bridgehead atoms. The molecule has 0 saturated carbocycles. The molecule has 2 aliphatic heterocycles. The number of aromatic nitrogens is 2. The van der Waals surface area contributed by atoms with Crippen LogP contribution in [-0.2, 0) is 24.2 Å². The van der Waals surface area contributed by atoms with Crippen LogP contribution in [0.15, 0.2) is 30.5 Å². The summed E-state index contributed by atoms with van der Waals surface area (Å²) < 4.78 is 5.16. The van der Waals surface area contributed by atoms with E-state index in [1.54, 1.807) is 7.11 Å². The molecular formula is C20H24N4O2. The lowest BCUT2D eigenvalue weighted by Crippen LogP contribution is -2.30. The number of hydrogen-bond donors (Lipinski definition) is 1. The molecule has 1 amide bonds. The Morgan fingerprint density at radius 3 is 3.00 bits per heavy atom. The summed E-state index contributed by atoms with van der Waals surface area (Å²) in [6.07, 6.45) is 4.27. The number of fused-ring (bicyclic) bond motifs is 1. The lowest BCUT2D eigenvalue weighted by atomic mass is 10.1. The van der Waals surface area contributed by atoms with Gasteiger partial charge in [-0.1, -0.05) is 12.1 Å². The van der Waals surface area contributed by atoms with Gasteiger partial charge in [0, 0.05) is 56.0 Å². The Bertz CT molecular complexity index is 791. The first kappa shape index (κ1) is 17.0. The summed E-state index contributed by atoms with van der Waals surface area (Å²) in [5, 5.41) is 3.34. The maximum absolute atomic E-state index is 12.6. The molecule has 0 unspecified atom stereocenters. The van der Waals surface area contributed by atoms with Gasteiger partial charge < -0.3 is 15.0 Å². The van der Waals surface area contributed by atoms with Crippen molar-refractivity contribution < 1.29 is 9.53 Å². The van der Waals surface area contributed by atoms with Gasteiger partial charge in [-0.05, 0) is 24.1 Å². The normalized spacial score (nSPS) is 19.3. The van der Waals surface area contributed by atoms with E-state index in [1.165, 1.54) is 5.56 Å². The van der Waals surface area contributed by atoms with E-state index < -0.39 is 0 Å². The molecule has 1 aromatic carbocycles. The van der Waals surface area contributed by atoms with Crippen LogP contribution in [0.25, 0.3) is 0 Å². The van der Waals surface area contributed by atoms with Gasteiger partial charge in [-0.3, -0.25) is 4.79 Å². The number of carbonyl (C=O) groups is 1. The maximum atomic E-state index is 12.6. The van der Waals surface area contributed by atoms with Gasteiger partial charge in [0.2, 0.25) is 5.91 Å². The molecule has 1 saturated heterocycles. The highest BCUT2D eigenvalue weighted by Gasteiger charge is 2.29. The van der Waals surface area contributed by atoms with E-state index in [0.717, 1.165) is 55.3 Å². The van der Waals surface area contributed by atoms with Gasteiger partial charge in [-0.25, -0.2) is 9.97 Å². The molecule has 1 N–H and O–H groups in total. The Hall–Kier alpha value is -2.47. The van der Waals surface area contributed by atoms with Crippen molar-refractivity contribution in [2.24, 2.45) is 0 Å². The molecule has 6 nitrogen and oxygen atoms in total. The minimum atomic E-state index is 0.167. The molecule has 1 atom stereocenters. The van der Waals surface area contributed by atoms with Crippen LogP contribution in [0.5, 0.6) is 5.75 Å². The van der Waals surface area contributed by atoms with E-state index in [2.05, 4.69) is 10.3 Å². The minimum Gasteiger partial charge on any atom is -0.497 e. The largest absolute Gasteiger partial charge is 0.497 e. The predicted octanol–water partition coefficient (Wildman–Crippen LogP) is 1.69. The Labute approximate surface area is 153 Å². The van der Waals surface area contributed by atoms with Gasteiger partial charge >= 0.3 is 0 Å². The second-order valence-corrected chi connectivity index (χ2v) is 6.98. The number of carbonyl (C=O) groups excluding carboxylic acids is 1. The zero-order chi connectivity index (χ0) is 17.9. The van der Waals surface area contributed by atoms with Crippen molar-refractivity contribution in [2.45, 2.75) is 31.7 Å². The topological polar surface area (TPSA) is 67.3 Å². The number of likely N-dealkylation sites (tertiary alicyclic amines) is 1. The van der Waals surface area contributed by atoms with Crippen LogP contribution in [0.1, 0.15) is 35.0 Å². The molecule has 0 aliphatic carbocycles. The highest BCUT2D eigenvalue weighted by Crippen LogP contribution is 2.26. The minimum absolute atomic E-state index is 0.167. The average molecular weight is 352 g/mol. The Morgan fingerprint density at radius 1 is 1.35 bits per heavy atom. The van der Waals surface area contributed by atoms with Crippen molar-refractivity contribution in [3.63, 3.8) is 0 Å². The molecule has 136 valence electrons. The van der Waals surface area contributed by atoms with Crippen LogP contribution in [0.4, 0.5) is 0 Å². The van der Waals surface area contributed by atoms with E-state index in [-0.39, 0.29) is 11.8 Å². The van der Waals surface area contributed by atoms with Gasteiger partial charge in [0.15, 0.2) is 0 Å². The molecule has 26 heavy (non-hydrogen) atoms. The molecule has 3 heterocycles. The predicted molar refractivity (Wildman–Crippen MR) is 98.1 cm³/mol. The fraction of sp³-hybridized carbons (Fsp3) is 0.450. The SMILES string of the molecule is COc1ccc(CC(=O)N2CC[C@@H](c3ncc4c(n3)CCNC4)C2)cc1. The van der Waals surface area contributed by atoms with Crippen LogP contribution in [0.3, 0.4) is 0 Å². The molecule has 2 aliphatic rings. The zero-order valence-corrected chi connectivity index (χ0v) is 15.1. The quantitative estimate of drug-likeness (QED) is 0.907. The fourth-order valence-corrected chi connectivity index (χ4v) is 3.68. The molecule has 0 spiro atoms. The monoisotopic (exact) mass is 352 g/mol. The van der Waals surface area contributed by atoms with Crippen molar-refractivity contribution in [3.8, 4) is 5.75 Å². The fourth-order valence-electron chi connectivity index (χ4n) is 3.68. The molecule has 1 aromatic heterocycles. The lowest BCUT2D eigenvalue weighted by Gasteiger charge is -2.19. The van der Waals surface area contributed by atoms with Gasteiger partial charge in [0.1, 0.15) is 11.6 Å². The van der Waals surface area contributed by atoms with Crippen molar-refractivity contribution in [1.29, 1.82) is 0 Å². The molecule has 0 radical (unpaired) electrons.